The van der Waals surface area contributed by atoms with Crippen LogP contribution in [-0.4, -0.2) is 52.4 Å². The van der Waals surface area contributed by atoms with Gasteiger partial charge in [-0.2, -0.15) is 5.10 Å². The first kappa shape index (κ1) is 32.0. The van der Waals surface area contributed by atoms with Crippen molar-refractivity contribution in [3.8, 4) is 39.9 Å². The highest BCUT2D eigenvalue weighted by atomic mass is 16.5. The minimum absolute atomic E-state index is 0.0491. The lowest BCUT2D eigenvalue weighted by atomic mass is 9.71. The number of hydrogen-bond donors (Lipinski definition) is 4. The molecule has 4 aromatic heterocycles. The average molecular weight is 709 g/mol. The van der Waals surface area contributed by atoms with Crippen LogP contribution in [0.5, 0.6) is 23.0 Å². The monoisotopic (exact) mass is 708 g/mol. The molecule has 5 heterocycles. The third kappa shape index (κ3) is 4.46. The minimum Gasteiger partial charge on any atom is -0.507 e. The maximum Gasteiger partial charge on any atom is 0.330 e. The van der Waals surface area contributed by atoms with E-state index < -0.39 is 16.7 Å². The molecule has 1 unspecified atom stereocenters. The number of pyridine rings is 1. The van der Waals surface area contributed by atoms with Crippen molar-refractivity contribution >= 4 is 33.8 Å². The van der Waals surface area contributed by atoms with Gasteiger partial charge in [-0.1, -0.05) is 18.2 Å². The van der Waals surface area contributed by atoms with E-state index in [1.54, 1.807) is 37.8 Å². The van der Waals surface area contributed by atoms with Crippen LogP contribution < -0.4 is 20.7 Å². The number of aromatic amines is 2. The van der Waals surface area contributed by atoms with Crippen molar-refractivity contribution in [1.29, 1.82) is 0 Å². The Morgan fingerprint density at radius 1 is 0.962 bits per heavy atom. The summed E-state index contributed by atoms with van der Waals surface area (Å²) in [6.45, 7) is 5.14. The van der Waals surface area contributed by atoms with Gasteiger partial charge in [0.25, 0.3) is 5.56 Å². The van der Waals surface area contributed by atoms with Gasteiger partial charge >= 0.3 is 5.69 Å². The number of hydrogen-bond acceptors (Lipinski definition) is 9. The van der Waals surface area contributed by atoms with E-state index in [-0.39, 0.29) is 68.8 Å². The van der Waals surface area contributed by atoms with Gasteiger partial charge in [-0.15, -0.1) is 0 Å². The van der Waals surface area contributed by atoms with E-state index in [2.05, 4.69) is 15.1 Å². The molecule has 0 bridgehead atoms. The molecule has 0 radical (unpaired) electrons. The van der Waals surface area contributed by atoms with E-state index in [0.29, 0.717) is 29.1 Å². The number of methoxy groups -OCH3 is 1. The summed E-state index contributed by atoms with van der Waals surface area (Å²) in [5.74, 6) is 0.0525. The minimum atomic E-state index is -1.47. The number of ether oxygens (including phenoxy) is 2. The van der Waals surface area contributed by atoms with E-state index >= 15 is 0 Å². The fourth-order valence-corrected chi connectivity index (χ4v) is 7.69. The molecule has 1 aliphatic heterocycles. The number of Topliss-reactive ketones (excluding diaryl/α,β-unsaturated/α-hetero) is 1. The molecular formula is C40H32N6O7. The summed E-state index contributed by atoms with van der Waals surface area (Å²) in [6.07, 6.45) is 4.02. The number of rotatable bonds is 6. The van der Waals surface area contributed by atoms with E-state index in [9.17, 15) is 24.6 Å². The number of fused-ring (bicyclic) bond motifs is 6. The standard InChI is InChI=1S/C40H32N6O7/c1-19-33(47)31(35-32(34(19)48)40(3)29(53-35)17-28-30(36(40)49)20(2)44-46(28)22-8-6-5-7-9-22)27-13-11-24-37(42-27)45(39(51)43-38(24)50)15-14-21-18-41-26-12-10-23(52-4)16-25(21)26/h5-13,16-18,41,47-48H,14-15H2,1-4H3,(H,43,50,51). The Morgan fingerprint density at radius 2 is 1.75 bits per heavy atom. The second-order valence-corrected chi connectivity index (χ2v) is 13.5. The summed E-state index contributed by atoms with van der Waals surface area (Å²) in [4.78, 5) is 51.4. The molecule has 1 aliphatic carbocycles. The lowest BCUT2D eigenvalue weighted by molar-refractivity contribution is 0.0905. The second-order valence-electron chi connectivity index (χ2n) is 13.5. The van der Waals surface area contributed by atoms with Crippen molar-refractivity contribution < 1.29 is 24.5 Å². The predicted octanol–water partition coefficient (Wildman–Crippen LogP) is 5.59. The van der Waals surface area contributed by atoms with Gasteiger partial charge in [0.15, 0.2) is 5.78 Å². The summed E-state index contributed by atoms with van der Waals surface area (Å²) in [7, 11) is 1.60. The first-order valence-electron chi connectivity index (χ1n) is 17.0. The number of H-pyrrole nitrogens is 2. The lowest BCUT2D eigenvalue weighted by Crippen LogP contribution is -2.36. The van der Waals surface area contributed by atoms with Crippen LogP contribution in [0.15, 0.2) is 82.2 Å². The fraction of sp³-hybridized carbons (Fsp3) is 0.175. The highest BCUT2D eigenvalue weighted by molar-refractivity contribution is 6.14. The quantitative estimate of drug-likeness (QED) is 0.172. The Balaban J connectivity index is 1.19. The first-order valence-corrected chi connectivity index (χ1v) is 17.0. The lowest BCUT2D eigenvalue weighted by Gasteiger charge is -2.27. The molecule has 1 atom stereocenters. The van der Waals surface area contributed by atoms with Crippen LogP contribution in [0.4, 0.5) is 0 Å². The van der Waals surface area contributed by atoms with E-state index in [1.807, 2.05) is 54.7 Å². The molecule has 4 N–H and O–H groups in total. The van der Waals surface area contributed by atoms with Crippen LogP contribution in [0.2, 0.25) is 0 Å². The Morgan fingerprint density at radius 3 is 2.53 bits per heavy atom. The Hall–Kier alpha value is -6.89. The number of aromatic nitrogens is 6. The summed E-state index contributed by atoms with van der Waals surface area (Å²) in [6, 6.07) is 18.2. The molecule has 0 amide bonds. The summed E-state index contributed by atoms with van der Waals surface area (Å²) in [5, 5.41) is 29.0. The third-order valence-corrected chi connectivity index (χ3v) is 10.6. The Labute approximate surface area is 300 Å². The summed E-state index contributed by atoms with van der Waals surface area (Å²) < 4.78 is 14.9. The maximum absolute atomic E-state index is 14.6. The number of carbonyl (C=O) groups excluding carboxylic acids is 1. The molecule has 0 fully saturated rings. The first-order chi connectivity index (χ1) is 25.5. The number of ketones is 1. The van der Waals surface area contributed by atoms with Gasteiger partial charge in [-0.25, -0.2) is 14.5 Å². The van der Waals surface area contributed by atoms with Gasteiger partial charge in [0.1, 0.15) is 39.8 Å². The van der Waals surface area contributed by atoms with Crippen LogP contribution in [0.3, 0.4) is 0 Å². The number of aromatic hydroxyl groups is 2. The van der Waals surface area contributed by atoms with Crippen LogP contribution >= 0.6 is 0 Å². The largest absolute Gasteiger partial charge is 0.507 e. The smallest absolute Gasteiger partial charge is 0.330 e. The zero-order valence-electron chi connectivity index (χ0n) is 29.1. The normalized spacial score (nSPS) is 16.0. The molecule has 264 valence electrons. The van der Waals surface area contributed by atoms with Gasteiger partial charge < -0.3 is 24.7 Å². The fourth-order valence-electron chi connectivity index (χ4n) is 7.69. The van der Waals surface area contributed by atoms with Crippen molar-refractivity contribution in [2.45, 2.75) is 39.2 Å². The number of benzene rings is 3. The number of aryl methyl sites for hydroxylation is 3. The van der Waals surface area contributed by atoms with Gasteiger partial charge in [0.2, 0.25) is 0 Å². The van der Waals surface area contributed by atoms with Gasteiger partial charge in [0.05, 0.1) is 52.0 Å². The molecule has 3 aromatic carbocycles. The number of nitrogens with one attached hydrogen (secondary N) is 2. The van der Waals surface area contributed by atoms with Crippen LogP contribution in [-0.2, 0) is 18.4 Å². The van der Waals surface area contributed by atoms with E-state index in [1.165, 1.54) is 17.6 Å². The number of allylic oxidation sites excluding steroid dienone is 1. The van der Waals surface area contributed by atoms with Crippen molar-refractivity contribution in [3.05, 3.63) is 127 Å². The Bertz CT molecular complexity index is 2880. The zero-order valence-corrected chi connectivity index (χ0v) is 29.1. The number of phenols is 2. The van der Waals surface area contributed by atoms with Crippen molar-refractivity contribution in [2.24, 2.45) is 0 Å². The maximum atomic E-state index is 14.6. The highest BCUT2D eigenvalue weighted by Crippen LogP contribution is 2.60. The molecule has 0 spiro atoms. The van der Waals surface area contributed by atoms with Crippen LogP contribution in [0.1, 0.15) is 45.4 Å². The van der Waals surface area contributed by atoms with Gasteiger partial charge in [-0.3, -0.25) is 19.1 Å². The SMILES string of the molecule is COc1ccc2[nH]cc(CCn3c(=O)[nH]c(=O)c4ccc(-c5c(O)c(C)c(O)c6c5OC5=Cc7c(c(C)nn7-c7ccccc7)C(=O)C56C)nc43)c2c1. The summed E-state index contributed by atoms with van der Waals surface area (Å²) in [5.41, 5.74) is 1.96. The number of para-hydroxylation sites is 1. The highest BCUT2D eigenvalue weighted by Gasteiger charge is 2.55. The van der Waals surface area contributed by atoms with Crippen molar-refractivity contribution in [3.63, 3.8) is 0 Å². The van der Waals surface area contributed by atoms with E-state index in [4.69, 9.17) is 14.5 Å². The molecule has 0 saturated carbocycles. The molecule has 0 saturated heterocycles. The molecule has 9 rings (SSSR count). The average Bonchev–Trinajstić information content (AvgIpc) is 3.82. The number of carbonyl (C=O) groups is 1. The van der Waals surface area contributed by atoms with E-state index in [0.717, 1.165) is 22.2 Å². The third-order valence-electron chi connectivity index (χ3n) is 10.6. The molecule has 13 nitrogen and oxygen atoms in total. The Kier molecular flexibility index (Phi) is 6.84. The number of phenolic OH excluding ortho intramolecular Hbond substituents is 2. The van der Waals surface area contributed by atoms with Crippen LogP contribution in [0, 0.1) is 13.8 Å². The predicted molar refractivity (Wildman–Crippen MR) is 197 cm³/mol. The van der Waals surface area contributed by atoms with Crippen LogP contribution in [0.25, 0.3) is 45.0 Å². The summed E-state index contributed by atoms with van der Waals surface area (Å²) >= 11 is 0. The topological polar surface area (TPSA) is 177 Å². The molecule has 53 heavy (non-hydrogen) atoms. The molecule has 7 aromatic rings. The molecular weight excluding hydrogens is 676 g/mol. The van der Waals surface area contributed by atoms with Crippen molar-refractivity contribution in [1.82, 2.24) is 29.3 Å². The zero-order chi connectivity index (χ0) is 36.9. The van der Waals surface area contributed by atoms with Gasteiger partial charge in [0, 0.05) is 35.3 Å². The van der Waals surface area contributed by atoms with Crippen molar-refractivity contribution in [2.75, 3.05) is 7.11 Å². The van der Waals surface area contributed by atoms with Gasteiger partial charge in [-0.05, 0) is 75.2 Å². The second kappa shape index (κ2) is 11.3. The molecule has 13 heteroatoms. The molecule has 2 aliphatic rings. The number of nitrogens with zero attached hydrogens (tertiary/aromatic N) is 4.